The number of hydrogen-bond acceptors (Lipinski definition) is 5. The van der Waals surface area contributed by atoms with Crippen molar-refractivity contribution >= 4 is 29.1 Å². The molecular formula is C17H31NO4S. The average Bonchev–Trinajstić information content (AvgIpc) is 2.49. The van der Waals surface area contributed by atoms with E-state index in [1.165, 1.54) is 11.8 Å². The SMILES string of the molecule is CC(=O)SCC(CNCCCCCCCC(=O)O)CC(C)C=O. The van der Waals surface area contributed by atoms with E-state index in [9.17, 15) is 14.4 Å². The van der Waals surface area contributed by atoms with Crippen molar-refractivity contribution in [2.75, 3.05) is 18.8 Å². The number of unbranched alkanes of at least 4 members (excludes halogenated alkanes) is 4. The molecule has 5 nitrogen and oxygen atoms in total. The smallest absolute Gasteiger partial charge is 0.303 e. The lowest BCUT2D eigenvalue weighted by atomic mass is 9.98. The van der Waals surface area contributed by atoms with E-state index in [4.69, 9.17) is 5.11 Å². The van der Waals surface area contributed by atoms with Gasteiger partial charge in [-0.15, -0.1) is 0 Å². The van der Waals surface area contributed by atoms with Crippen molar-refractivity contribution in [2.24, 2.45) is 11.8 Å². The molecule has 0 heterocycles. The molecule has 0 saturated carbocycles. The lowest BCUT2D eigenvalue weighted by Gasteiger charge is -2.18. The first kappa shape index (κ1) is 22.1. The van der Waals surface area contributed by atoms with Crippen LogP contribution >= 0.6 is 11.8 Å². The highest BCUT2D eigenvalue weighted by atomic mass is 32.2. The number of carbonyl (C=O) groups excluding carboxylic acids is 2. The molecule has 0 spiro atoms. The van der Waals surface area contributed by atoms with Gasteiger partial charge < -0.3 is 15.2 Å². The van der Waals surface area contributed by atoms with Gasteiger partial charge in [-0.3, -0.25) is 9.59 Å². The molecule has 0 radical (unpaired) electrons. The molecule has 0 aromatic carbocycles. The van der Waals surface area contributed by atoms with Gasteiger partial charge in [0.2, 0.25) is 0 Å². The molecule has 0 bridgehead atoms. The summed E-state index contributed by atoms with van der Waals surface area (Å²) in [4.78, 5) is 32.3. The largest absolute Gasteiger partial charge is 0.481 e. The van der Waals surface area contributed by atoms with E-state index < -0.39 is 5.97 Å². The van der Waals surface area contributed by atoms with Gasteiger partial charge in [-0.05, 0) is 38.3 Å². The summed E-state index contributed by atoms with van der Waals surface area (Å²) in [6.07, 6.45) is 7.03. The Balaban J connectivity index is 3.70. The number of aldehydes is 1. The summed E-state index contributed by atoms with van der Waals surface area (Å²) in [6, 6.07) is 0. The van der Waals surface area contributed by atoms with Gasteiger partial charge in [-0.2, -0.15) is 0 Å². The lowest BCUT2D eigenvalue weighted by Crippen LogP contribution is -2.27. The Morgan fingerprint density at radius 1 is 1.17 bits per heavy atom. The van der Waals surface area contributed by atoms with Crippen LogP contribution in [-0.4, -0.2) is 41.3 Å². The van der Waals surface area contributed by atoms with Gasteiger partial charge in [0.25, 0.3) is 0 Å². The molecule has 6 heteroatoms. The van der Waals surface area contributed by atoms with E-state index in [0.717, 1.165) is 63.7 Å². The number of hydrogen-bond donors (Lipinski definition) is 2. The van der Waals surface area contributed by atoms with Crippen molar-refractivity contribution in [3.05, 3.63) is 0 Å². The first-order valence-corrected chi connectivity index (χ1v) is 9.45. The van der Waals surface area contributed by atoms with Gasteiger partial charge in [-0.25, -0.2) is 0 Å². The Morgan fingerprint density at radius 3 is 2.43 bits per heavy atom. The number of carboxylic acids is 1. The maximum absolute atomic E-state index is 11.1. The van der Waals surface area contributed by atoms with Crippen LogP contribution in [0.4, 0.5) is 0 Å². The molecule has 23 heavy (non-hydrogen) atoms. The molecule has 0 aliphatic heterocycles. The van der Waals surface area contributed by atoms with Crippen LogP contribution in [0.1, 0.15) is 58.8 Å². The number of aliphatic carboxylic acids is 1. The predicted octanol–water partition coefficient (Wildman–Crippen LogP) is 3.12. The van der Waals surface area contributed by atoms with Crippen LogP contribution < -0.4 is 5.32 Å². The molecule has 0 fully saturated rings. The molecule has 0 saturated heterocycles. The highest BCUT2D eigenvalue weighted by molar-refractivity contribution is 8.13. The van der Waals surface area contributed by atoms with Crippen molar-refractivity contribution in [3.63, 3.8) is 0 Å². The van der Waals surface area contributed by atoms with Crippen LogP contribution in [0.3, 0.4) is 0 Å². The zero-order valence-corrected chi connectivity index (χ0v) is 15.2. The highest BCUT2D eigenvalue weighted by Gasteiger charge is 2.14. The number of carbonyl (C=O) groups is 3. The zero-order valence-electron chi connectivity index (χ0n) is 14.4. The second kappa shape index (κ2) is 14.7. The summed E-state index contributed by atoms with van der Waals surface area (Å²) in [5, 5.41) is 12.1. The Labute approximate surface area is 144 Å². The van der Waals surface area contributed by atoms with Gasteiger partial charge in [0.15, 0.2) is 5.12 Å². The zero-order chi connectivity index (χ0) is 17.5. The quantitative estimate of drug-likeness (QED) is 0.350. The van der Waals surface area contributed by atoms with Crippen LogP contribution in [0.15, 0.2) is 0 Å². The van der Waals surface area contributed by atoms with Crippen LogP contribution in [-0.2, 0) is 14.4 Å². The van der Waals surface area contributed by atoms with Crippen LogP contribution in [0.5, 0.6) is 0 Å². The van der Waals surface area contributed by atoms with E-state index in [1.807, 2.05) is 6.92 Å². The third-order valence-electron chi connectivity index (χ3n) is 3.64. The van der Waals surface area contributed by atoms with Gasteiger partial charge in [0.1, 0.15) is 6.29 Å². The second-order valence-corrected chi connectivity index (χ2v) is 7.33. The summed E-state index contributed by atoms with van der Waals surface area (Å²) in [6.45, 7) is 5.24. The van der Waals surface area contributed by atoms with E-state index in [2.05, 4.69) is 5.32 Å². The topological polar surface area (TPSA) is 83.5 Å². The minimum Gasteiger partial charge on any atom is -0.481 e. The molecule has 0 aliphatic carbocycles. The Kier molecular flexibility index (Phi) is 14.1. The van der Waals surface area contributed by atoms with Crippen LogP contribution in [0.2, 0.25) is 0 Å². The van der Waals surface area contributed by atoms with Gasteiger partial charge in [0, 0.05) is 25.0 Å². The maximum atomic E-state index is 11.1. The van der Waals surface area contributed by atoms with Crippen molar-refractivity contribution in [3.8, 4) is 0 Å². The number of carboxylic acid groups (broad SMARTS) is 1. The number of thioether (sulfide) groups is 1. The van der Waals surface area contributed by atoms with Crippen molar-refractivity contribution < 1.29 is 19.5 Å². The third kappa shape index (κ3) is 15.8. The summed E-state index contributed by atoms with van der Waals surface area (Å²) in [7, 11) is 0. The molecule has 0 amide bonds. The summed E-state index contributed by atoms with van der Waals surface area (Å²) in [5.41, 5.74) is 0. The van der Waals surface area contributed by atoms with E-state index >= 15 is 0 Å². The fourth-order valence-corrected chi connectivity index (χ4v) is 3.11. The number of rotatable bonds is 15. The van der Waals surface area contributed by atoms with E-state index in [1.54, 1.807) is 6.92 Å². The van der Waals surface area contributed by atoms with E-state index in [-0.39, 0.29) is 17.5 Å². The van der Waals surface area contributed by atoms with E-state index in [0.29, 0.717) is 5.92 Å². The van der Waals surface area contributed by atoms with Crippen molar-refractivity contribution in [1.29, 1.82) is 0 Å². The predicted molar refractivity (Wildman–Crippen MR) is 94.7 cm³/mol. The number of nitrogens with one attached hydrogen (secondary N) is 1. The Bertz CT molecular complexity index is 349. The minimum atomic E-state index is -0.717. The molecule has 0 aliphatic rings. The fraction of sp³-hybridized carbons (Fsp3) is 0.824. The monoisotopic (exact) mass is 345 g/mol. The molecule has 0 aromatic rings. The fourth-order valence-electron chi connectivity index (χ4n) is 2.39. The highest BCUT2D eigenvalue weighted by Crippen LogP contribution is 2.16. The van der Waals surface area contributed by atoms with Crippen molar-refractivity contribution in [1.82, 2.24) is 5.32 Å². The van der Waals surface area contributed by atoms with Crippen molar-refractivity contribution in [2.45, 2.75) is 58.8 Å². The normalized spacial score (nSPS) is 13.5. The average molecular weight is 346 g/mol. The van der Waals surface area contributed by atoms with Crippen LogP contribution in [0.25, 0.3) is 0 Å². The second-order valence-electron chi connectivity index (χ2n) is 6.13. The Hall–Kier alpha value is -0.880. The maximum Gasteiger partial charge on any atom is 0.303 e. The molecule has 134 valence electrons. The molecule has 2 N–H and O–H groups in total. The Morgan fingerprint density at radius 2 is 1.83 bits per heavy atom. The summed E-state index contributed by atoms with van der Waals surface area (Å²) >= 11 is 1.33. The van der Waals surface area contributed by atoms with Gasteiger partial charge in [0.05, 0.1) is 0 Å². The summed E-state index contributed by atoms with van der Waals surface area (Å²) in [5.74, 6) is 0.407. The third-order valence-corrected chi connectivity index (χ3v) is 4.68. The molecule has 0 rings (SSSR count). The van der Waals surface area contributed by atoms with Gasteiger partial charge in [-0.1, -0.05) is 37.9 Å². The van der Waals surface area contributed by atoms with Gasteiger partial charge >= 0.3 is 5.97 Å². The summed E-state index contributed by atoms with van der Waals surface area (Å²) < 4.78 is 0. The first-order valence-electron chi connectivity index (χ1n) is 8.46. The lowest BCUT2D eigenvalue weighted by molar-refractivity contribution is -0.137. The van der Waals surface area contributed by atoms with Crippen LogP contribution in [0, 0.1) is 11.8 Å². The molecular weight excluding hydrogens is 314 g/mol. The minimum absolute atomic E-state index is 0.0311. The molecule has 0 aromatic heterocycles. The standard InChI is InChI=1S/C17H31NO4S/c1-14(12-19)10-16(13-23-15(2)20)11-18-9-7-5-3-4-6-8-17(21)22/h12,14,16,18H,3-11,13H2,1-2H3,(H,21,22). The molecule has 2 unspecified atom stereocenters. The first-order chi connectivity index (χ1) is 11.0. The molecule has 2 atom stereocenters.